The molecule has 0 saturated carbocycles. The Morgan fingerprint density at radius 3 is 1.33 bits per heavy atom. The van der Waals surface area contributed by atoms with Gasteiger partial charge in [-0.3, -0.25) is 9.59 Å². The van der Waals surface area contributed by atoms with E-state index in [-0.39, 0.29) is 38.4 Å². The van der Waals surface area contributed by atoms with E-state index in [1.54, 1.807) is 0 Å². The van der Waals surface area contributed by atoms with Crippen LogP contribution in [0.5, 0.6) is 11.5 Å². The number of unbranched alkanes of at least 4 members (excludes halogenated alkanes) is 4. The van der Waals surface area contributed by atoms with E-state index < -0.39 is 12.2 Å². The lowest BCUT2D eigenvalue weighted by atomic mass is 9.97. The minimum Gasteiger partial charge on any atom is -0.488 e. The van der Waals surface area contributed by atoms with Crippen molar-refractivity contribution in [1.29, 1.82) is 0 Å². The molecule has 0 aromatic heterocycles. The number of fused-ring (bicyclic) bond motifs is 2. The summed E-state index contributed by atoms with van der Waals surface area (Å²) in [6.07, 6.45) is 7.08. The Morgan fingerprint density at radius 2 is 0.958 bits per heavy atom. The van der Waals surface area contributed by atoms with Crippen LogP contribution in [0.15, 0.2) is 36.4 Å². The molecule has 2 unspecified atom stereocenters. The van der Waals surface area contributed by atoms with Gasteiger partial charge in [0.1, 0.15) is 24.7 Å². The van der Waals surface area contributed by atoms with Crippen molar-refractivity contribution in [2.24, 2.45) is 0 Å². The molecule has 8 nitrogen and oxygen atoms in total. The number of rotatable bonds is 24. The monoisotopic (exact) mass is 666 g/mol. The zero-order chi connectivity index (χ0) is 34.7. The predicted molar refractivity (Wildman–Crippen MR) is 192 cm³/mol. The minimum atomic E-state index is -0.544. The van der Waals surface area contributed by atoms with E-state index in [2.05, 4.69) is 38.1 Å². The highest BCUT2D eigenvalue weighted by Gasteiger charge is 2.23. The highest BCUT2D eigenvalue weighted by Crippen LogP contribution is 2.43. The molecule has 3 aromatic carbocycles. The van der Waals surface area contributed by atoms with E-state index in [4.69, 9.17) is 28.4 Å². The van der Waals surface area contributed by atoms with Crippen LogP contribution in [0.1, 0.15) is 103 Å². The number of benzene rings is 3. The van der Waals surface area contributed by atoms with Crippen LogP contribution in [0.4, 0.5) is 0 Å². The Morgan fingerprint density at radius 1 is 0.542 bits per heavy atom. The molecule has 0 amide bonds. The first-order valence-corrected chi connectivity index (χ1v) is 18.1. The molecule has 0 saturated heterocycles. The first kappa shape index (κ1) is 39.1. The molecular formula is C40H58O8. The van der Waals surface area contributed by atoms with Crippen LogP contribution < -0.4 is 9.47 Å². The van der Waals surface area contributed by atoms with Crippen molar-refractivity contribution in [3.05, 3.63) is 47.5 Å². The van der Waals surface area contributed by atoms with Gasteiger partial charge in [-0.2, -0.15) is 0 Å². The van der Waals surface area contributed by atoms with Crippen molar-refractivity contribution in [2.75, 3.05) is 39.6 Å². The van der Waals surface area contributed by atoms with Gasteiger partial charge in [0, 0.05) is 47.6 Å². The first-order valence-electron chi connectivity index (χ1n) is 18.1. The molecule has 3 aromatic rings. The third-order valence-corrected chi connectivity index (χ3v) is 8.03. The molecule has 0 radical (unpaired) electrons. The average molecular weight is 667 g/mol. The lowest BCUT2D eigenvalue weighted by molar-refractivity contribution is -0.155. The Hall–Kier alpha value is -3.36. The normalized spacial score (nSPS) is 12.6. The maximum absolute atomic E-state index is 12.7. The summed E-state index contributed by atoms with van der Waals surface area (Å²) in [7, 11) is 0. The molecule has 2 atom stereocenters. The number of hydrogen-bond acceptors (Lipinski definition) is 8. The Labute approximate surface area is 287 Å². The fourth-order valence-electron chi connectivity index (χ4n) is 5.52. The number of ether oxygens (including phenoxy) is 6. The number of hydrogen-bond donors (Lipinski definition) is 0. The van der Waals surface area contributed by atoms with Gasteiger partial charge in [0.25, 0.3) is 0 Å². The van der Waals surface area contributed by atoms with Crippen LogP contribution in [0.25, 0.3) is 21.5 Å². The maximum Gasteiger partial charge on any atom is 0.306 e. The summed E-state index contributed by atoms with van der Waals surface area (Å²) in [5, 5.41) is 3.54. The van der Waals surface area contributed by atoms with Gasteiger partial charge in [0.05, 0.1) is 13.2 Å². The van der Waals surface area contributed by atoms with Crippen LogP contribution in [-0.4, -0.2) is 63.8 Å². The number of carbonyl (C=O) groups excluding carboxylic acids is 2. The molecule has 3 rings (SSSR count). The second-order valence-corrected chi connectivity index (χ2v) is 12.7. The van der Waals surface area contributed by atoms with Crippen LogP contribution in [0.2, 0.25) is 0 Å². The first-order chi connectivity index (χ1) is 23.3. The van der Waals surface area contributed by atoms with Crippen LogP contribution >= 0.6 is 0 Å². The van der Waals surface area contributed by atoms with Crippen LogP contribution in [0.3, 0.4) is 0 Å². The van der Waals surface area contributed by atoms with E-state index in [0.717, 1.165) is 84.0 Å². The molecule has 0 heterocycles. The Balaban J connectivity index is 1.95. The molecule has 266 valence electrons. The smallest absolute Gasteiger partial charge is 0.306 e. The zero-order valence-corrected chi connectivity index (χ0v) is 30.2. The van der Waals surface area contributed by atoms with Gasteiger partial charge in [0.15, 0.2) is 12.2 Å². The largest absolute Gasteiger partial charge is 0.488 e. The van der Waals surface area contributed by atoms with Crippen molar-refractivity contribution in [2.45, 2.75) is 118 Å². The fraction of sp³-hybridized carbons (Fsp3) is 0.600. The van der Waals surface area contributed by atoms with Crippen molar-refractivity contribution in [3.8, 4) is 11.5 Å². The zero-order valence-electron chi connectivity index (χ0n) is 30.2. The second kappa shape index (κ2) is 21.6. The van der Waals surface area contributed by atoms with Gasteiger partial charge in [-0.1, -0.05) is 88.8 Å². The van der Waals surface area contributed by atoms with E-state index in [1.165, 1.54) is 0 Å². The molecule has 0 bridgehead atoms. The predicted octanol–water partition coefficient (Wildman–Crippen LogP) is 9.20. The van der Waals surface area contributed by atoms with Gasteiger partial charge in [-0.05, 0) is 51.7 Å². The highest BCUT2D eigenvalue weighted by molar-refractivity contribution is 6.11. The highest BCUT2D eigenvalue weighted by atomic mass is 16.6. The molecule has 0 aliphatic rings. The third kappa shape index (κ3) is 12.6. The van der Waals surface area contributed by atoms with E-state index in [1.807, 2.05) is 39.8 Å². The summed E-state index contributed by atoms with van der Waals surface area (Å²) < 4.78 is 36.5. The lowest BCUT2D eigenvalue weighted by Gasteiger charge is -2.23. The van der Waals surface area contributed by atoms with Crippen LogP contribution in [0, 0.1) is 13.8 Å². The van der Waals surface area contributed by atoms with E-state index >= 15 is 0 Å². The summed E-state index contributed by atoms with van der Waals surface area (Å²) in [5.41, 5.74) is 2.14. The maximum atomic E-state index is 12.7. The van der Waals surface area contributed by atoms with Crippen molar-refractivity contribution < 1.29 is 38.0 Å². The number of esters is 2. The number of carbonyl (C=O) groups is 2. The van der Waals surface area contributed by atoms with Gasteiger partial charge in [0.2, 0.25) is 0 Å². The molecule has 0 fully saturated rings. The van der Waals surface area contributed by atoms with Gasteiger partial charge < -0.3 is 28.4 Å². The summed E-state index contributed by atoms with van der Waals surface area (Å²) in [6, 6.07) is 12.4. The lowest BCUT2D eigenvalue weighted by Crippen LogP contribution is -2.30. The topological polar surface area (TPSA) is 89.5 Å². The third-order valence-electron chi connectivity index (χ3n) is 8.03. The summed E-state index contributed by atoms with van der Waals surface area (Å²) in [4.78, 5) is 25.4. The van der Waals surface area contributed by atoms with Gasteiger partial charge >= 0.3 is 11.9 Å². The molecule has 8 heteroatoms. The van der Waals surface area contributed by atoms with Crippen molar-refractivity contribution in [1.82, 2.24) is 0 Å². The molecule has 0 spiro atoms. The SMILES string of the molecule is CCCCCC(=O)OC(COCCC)COc1c2ccc(C)cc2c(OCC(COCCC)OC(=O)CCCCC)c2ccc(C)cc12. The van der Waals surface area contributed by atoms with Crippen molar-refractivity contribution in [3.63, 3.8) is 0 Å². The summed E-state index contributed by atoms with van der Waals surface area (Å²) >= 11 is 0. The fourth-order valence-corrected chi connectivity index (χ4v) is 5.52. The van der Waals surface area contributed by atoms with Gasteiger partial charge in [-0.15, -0.1) is 0 Å². The van der Waals surface area contributed by atoms with Gasteiger partial charge in [-0.25, -0.2) is 0 Å². The minimum absolute atomic E-state index is 0.153. The van der Waals surface area contributed by atoms with Crippen molar-refractivity contribution >= 4 is 33.5 Å². The standard InChI is InChI=1S/C40H58O8/c1-7-11-13-15-37(41)47-31(25-43-21-9-3)27-45-39-33-19-17-30(6)24-36(33)40(34-20-18-29(5)23-35(34)39)46-28-32(26-44-22-10-4)48-38(42)16-14-12-8-2/h17-20,23-24,31-32H,7-16,21-22,25-28H2,1-6H3. The molecule has 48 heavy (non-hydrogen) atoms. The molecular weight excluding hydrogens is 608 g/mol. The Bertz CT molecular complexity index is 1310. The summed E-state index contributed by atoms with van der Waals surface area (Å²) in [6.45, 7) is 14.4. The molecule has 0 aliphatic heterocycles. The quantitative estimate of drug-likeness (QED) is 0.0531. The van der Waals surface area contributed by atoms with E-state index in [0.29, 0.717) is 37.6 Å². The Kier molecular flexibility index (Phi) is 17.6. The summed E-state index contributed by atoms with van der Waals surface area (Å²) in [5.74, 6) is 0.934. The second-order valence-electron chi connectivity index (χ2n) is 12.7. The molecule has 0 N–H and O–H groups in total. The number of aryl methyl sites for hydroxylation is 2. The van der Waals surface area contributed by atoms with Crippen LogP contribution in [-0.2, 0) is 28.5 Å². The average Bonchev–Trinajstić information content (AvgIpc) is 3.06. The molecule has 0 aliphatic carbocycles. The van der Waals surface area contributed by atoms with E-state index in [9.17, 15) is 9.59 Å².